The summed E-state index contributed by atoms with van der Waals surface area (Å²) >= 11 is 3.33. The lowest BCUT2D eigenvalue weighted by Gasteiger charge is -2.25. The van der Waals surface area contributed by atoms with Crippen LogP contribution >= 0.6 is 15.9 Å². The molecule has 7 nitrogen and oxygen atoms in total. The van der Waals surface area contributed by atoms with Crippen LogP contribution in [0.2, 0.25) is 0 Å². The Kier molecular flexibility index (Phi) is 6.44. The summed E-state index contributed by atoms with van der Waals surface area (Å²) in [5, 5.41) is 1.35. The van der Waals surface area contributed by atoms with Crippen LogP contribution in [0.5, 0.6) is 0 Å². The summed E-state index contributed by atoms with van der Waals surface area (Å²) in [4.78, 5) is 18.1. The minimum atomic E-state index is -0.363. The third kappa shape index (κ3) is 4.61. The van der Waals surface area contributed by atoms with E-state index in [1.807, 2.05) is 6.07 Å². The van der Waals surface area contributed by atoms with Crippen molar-refractivity contribution in [1.82, 2.24) is 14.9 Å². The number of aromatic nitrogens is 1. The van der Waals surface area contributed by atoms with E-state index in [2.05, 4.69) is 20.9 Å². The fourth-order valence-electron chi connectivity index (χ4n) is 2.73. The topological polar surface area (TPSA) is 97.7 Å². The van der Waals surface area contributed by atoms with Gasteiger partial charge in [0.15, 0.2) is 0 Å². The fourth-order valence-corrected chi connectivity index (χ4v) is 2.96. The molecular weight excluding hydrogens is 374 g/mol. The summed E-state index contributed by atoms with van der Waals surface area (Å²) in [6.45, 7) is -0.00747. The lowest BCUT2D eigenvalue weighted by atomic mass is 10.2. The zero-order valence-corrected chi connectivity index (χ0v) is 15.6. The predicted octanol–water partition coefficient (Wildman–Crippen LogP) is 2.29. The van der Waals surface area contributed by atoms with E-state index in [1.54, 1.807) is 31.3 Å². The number of carbonyl (C=O) groups excluding carboxylic acids is 1. The van der Waals surface area contributed by atoms with Crippen LogP contribution in [0.25, 0.3) is 5.70 Å². The number of carbonyl (C=O) groups is 1. The lowest BCUT2D eigenvalue weighted by molar-refractivity contribution is 0.0999. The zero-order valence-electron chi connectivity index (χ0n) is 14.0. The van der Waals surface area contributed by atoms with E-state index < -0.39 is 0 Å². The normalized spacial score (nSPS) is 15.8. The molecular formula is C16H24BrN5O2. The number of hydrogen-bond donors (Lipinski definition) is 2. The van der Waals surface area contributed by atoms with Crippen molar-refractivity contribution in [2.45, 2.75) is 31.7 Å². The van der Waals surface area contributed by atoms with Crippen LogP contribution in [0.4, 0.5) is 4.79 Å². The molecule has 1 aromatic heterocycles. The molecule has 0 spiro atoms. The Hall–Kier alpha value is -1.80. The maximum absolute atomic E-state index is 12.2. The second kappa shape index (κ2) is 8.34. The average Bonchev–Trinajstić information content (AvgIpc) is 3.08. The smallest absolute Gasteiger partial charge is 0.410 e. The van der Waals surface area contributed by atoms with Crippen LogP contribution in [0, 0.1) is 0 Å². The molecule has 4 N–H and O–H groups in total. The lowest BCUT2D eigenvalue weighted by Crippen LogP contribution is -2.37. The van der Waals surface area contributed by atoms with Gasteiger partial charge in [0.05, 0.1) is 17.1 Å². The Labute approximate surface area is 150 Å². The number of hydrazine groups is 1. The largest absolute Gasteiger partial charge is 0.443 e. The maximum atomic E-state index is 12.2. The van der Waals surface area contributed by atoms with Crippen molar-refractivity contribution >= 4 is 27.7 Å². The molecule has 0 saturated heterocycles. The van der Waals surface area contributed by atoms with Gasteiger partial charge in [0.25, 0.3) is 0 Å². The Morgan fingerprint density at radius 2 is 2.04 bits per heavy atom. The minimum absolute atomic E-state index is 0.00747. The number of pyridine rings is 1. The Morgan fingerprint density at radius 3 is 2.58 bits per heavy atom. The second-order valence-corrected chi connectivity index (χ2v) is 6.85. The van der Waals surface area contributed by atoms with Gasteiger partial charge in [-0.3, -0.25) is 4.98 Å². The Balaban J connectivity index is 2.06. The predicted molar refractivity (Wildman–Crippen MR) is 96.4 cm³/mol. The van der Waals surface area contributed by atoms with E-state index in [0.29, 0.717) is 17.1 Å². The van der Waals surface area contributed by atoms with Crippen molar-refractivity contribution in [2.24, 2.45) is 11.6 Å². The highest BCUT2D eigenvalue weighted by atomic mass is 79.9. The van der Waals surface area contributed by atoms with Crippen LogP contribution in [0.1, 0.15) is 31.4 Å². The van der Waals surface area contributed by atoms with E-state index in [-0.39, 0.29) is 18.7 Å². The van der Waals surface area contributed by atoms with Crippen LogP contribution in [-0.4, -0.2) is 47.7 Å². The van der Waals surface area contributed by atoms with Crippen molar-refractivity contribution in [3.63, 3.8) is 0 Å². The second-order valence-electron chi connectivity index (χ2n) is 5.94. The summed E-state index contributed by atoms with van der Waals surface area (Å²) in [5.74, 6) is 5.84. The molecule has 0 unspecified atom stereocenters. The Bertz CT molecular complexity index is 597. The van der Waals surface area contributed by atoms with Crippen molar-refractivity contribution in [3.8, 4) is 0 Å². The number of likely N-dealkylation sites (N-methyl/N-ethyl adjacent to an activating group) is 1. The van der Waals surface area contributed by atoms with Crippen LogP contribution in [-0.2, 0) is 4.74 Å². The van der Waals surface area contributed by atoms with Crippen LogP contribution in [0.3, 0.4) is 0 Å². The van der Waals surface area contributed by atoms with Gasteiger partial charge in [0, 0.05) is 30.8 Å². The molecule has 1 saturated carbocycles. The first-order chi connectivity index (χ1) is 11.4. The number of nitrogens with two attached hydrogens (primary N) is 2. The minimum Gasteiger partial charge on any atom is -0.443 e. The zero-order chi connectivity index (χ0) is 17.7. The molecule has 1 amide bonds. The third-order valence-electron chi connectivity index (χ3n) is 4.23. The van der Waals surface area contributed by atoms with E-state index in [0.717, 1.165) is 30.2 Å². The highest BCUT2D eigenvalue weighted by Gasteiger charge is 2.25. The van der Waals surface area contributed by atoms with E-state index in [1.165, 1.54) is 5.01 Å². The van der Waals surface area contributed by atoms with Crippen LogP contribution in [0.15, 0.2) is 28.5 Å². The molecule has 0 atom stereocenters. The van der Waals surface area contributed by atoms with Gasteiger partial charge in [0.1, 0.15) is 6.61 Å². The molecule has 1 aromatic rings. The van der Waals surface area contributed by atoms with Crippen molar-refractivity contribution < 1.29 is 9.53 Å². The number of nitrogens with zero attached hydrogens (tertiary/aromatic N) is 3. The average molecular weight is 398 g/mol. The van der Waals surface area contributed by atoms with Crippen molar-refractivity contribution in [1.29, 1.82) is 0 Å². The van der Waals surface area contributed by atoms with Gasteiger partial charge in [-0.25, -0.2) is 10.6 Å². The molecule has 0 radical (unpaired) electrons. The number of hydrogen-bond acceptors (Lipinski definition) is 6. The molecule has 132 valence electrons. The quantitative estimate of drug-likeness (QED) is 0.584. The van der Waals surface area contributed by atoms with Gasteiger partial charge in [-0.1, -0.05) is 12.8 Å². The summed E-state index contributed by atoms with van der Waals surface area (Å²) in [7, 11) is 3.42. The van der Waals surface area contributed by atoms with Gasteiger partial charge in [-0.05, 0) is 40.9 Å². The first kappa shape index (κ1) is 18.5. The first-order valence-corrected chi connectivity index (χ1v) is 8.68. The van der Waals surface area contributed by atoms with E-state index in [9.17, 15) is 4.79 Å². The molecule has 2 rings (SSSR count). The van der Waals surface area contributed by atoms with E-state index >= 15 is 0 Å². The molecule has 1 aliphatic carbocycles. The standard InChI is InChI=1S/C16H24BrN5O2/c1-21(12-5-3-4-6-12)16(23)24-10-14(22(2)19)15(18)13-8-7-11(17)9-20-13/h7-9,12H,3-6,10,18-19H2,1-2H3/b15-14-. The highest BCUT2D eigenvalue weighted by molar-refractivity contribution is 9.10. The number of ether oxygens (including phenoxy) is 1. The number of rotatable bonds is 5. The van der Waals surface area contributed by atoms with Crippen LogP contribution < -0.4 is 11.6 Å². The summed E-state index contributed by atoms with van der Waals surface area (Å²) in [6.07, 6.45) is 5.64. The molecule has 0 aliphatic heterocycles. The summed E-state index contributed by atoms with van der Waals surface area (Å²) in [5.41, 5.74) is 7.60. The van der Waals surface area contributed by atoms with Crippen molar-refractivity contribution in [3.05, 3.63) is 34.2 Å². The van der Waals surface area contributed by atoms with E-state index in [4.69, 9.17) is 16.3 Å². The third-order valence-corrected chi connectivity index (χ3v) is 4.70. The molecule has 0 aromatic carbocycles. The molecule has 24 heavy (non-hydrogen) atoms. The molecule has 0 bridgehead atoms. The monoisotopic (exact) mass is 397 g/mol. The summed E-state index contributed by atoms with van der Waals surface area (Å²) < 4.78 is 6.25. The molecule has 1 aliphatic rings. The molecule has 1 heterocycles. The van der Waals surface area contributed by atoms with Crippen molar-refractivity contribution in [2.75, 3.05) is 20.7 Å². The maximum Gasteiger partial charge on any atom is 0.410 e. The first-order valence-electron chi connectivity index (χ1n) is 7.88. The fraction of sp³-hybridized carbons (Fsp3) is 0.500. The number of halogens is 1. The van der Waals surface area contributed by atoms with Gasteiger partial charge >= 0.3 is 6.09 Å². The van der Waals surface area contributed by atoms with Gasteiger partial charge in [-0.15, -0.1) is 0 Å². The SMILES string of the molecule is CN(N)/C(COC(=O)N(C)C1CCCC1)=C(\N)c1ccc(Br)cn1. The molecule has 1 fully saturated rings. The van der Waals surface area contributed by atoms with Gasteiger partial charge < -0.3 is 20.4 Å². The summed E-state index contributed by atoms with van der Waals surface area (Å²) in [6, 6.07) is 3.87. The Morgan fingerprint density at radius 1 is 1.38 bits per heavy atom. The highest BCUT2D eigenvalue weighted by Crippen LogP contribution is 2.23. The van der Waals surface area contributed by atoms with Gasteiger partial charge in [0.2, 0.25) is 0 Å². The molecule has 8 heteroatoms. The number of amides is 1. The van der Waals surface area contributed by atoms with Gasteiger partial charge in [-0.2, -0.15) is 0 Å².